The second-order valence-corrected chi connectivity index (χ2v) is 11.4. The van der Waals surface area contributed by atoms with Gasteiger partial charge in [-0.05, 0) is 59.5 Å². The number of nitrogens with zero attached hydrogens (tertiary/aromatic N) is 2. The summed E-state index contributed by atoms with van der Waals surface area (Å²) >= 11 is 0. The molecular formula is C32H32N4O5S. The van der Waals surface area contributed by atoms with Crippen LogP contribution in [-0.4, -0.2) is 43.8 Å². The summed E-state index contributed by atoms with van der Waals surface area (Å²) in [6.45, 7) is 1.44. The molecule has 0 aliphatic heterocycles. The highest BCUT2D eigenvalue weighted by Gasteiger charge is 2.26. The molecule has 0 unspecified atom stereocenters. The summed E-state index contributed by atoms with van der Waals surface area (Å²) in [7, 11) is -4.03. The molecule has 2 N–H and O–H groups in total. The molecule has 42 heavy (non-hydrogen) atoms. The maximum absolute atomic E-state index is 13.5. The number of rotatable bonds is 13. The summed E-state index contributed by atoms with van der Waals surface area (Å²) in [5, 5.41) is 6.64. The third kappa shape index (κ3) is 9.12. The average molecular weight is 585 g/mol. The second-order valence-electron chi connectivity index (χ2n) is 9.42. The van der Waals surface area contributed by atoms with E-state index in [-0.39, 0.29) is 17.3 Å². The van der Waals surface area contributed by atoms with Gasteiger partial charge < -0.3 is 10.1 Å². The van der Waals surface area contributed by atoms with Gasteiger partial charge in [-0.1, -0.05) is 72.8 Å². The van der Waals surface area contributed by atoms with Crippen LogP contribution in [0.4, 0.5) is 5.69 Å². The predicted octanol–water partition coefficient (Wildman–Crippen LogP) is 4.61. The molecule has 0 fully saturated rings. The van der Waals surface area contributed by atoms with E-state index >= 15 is 0 Å². The van der Waals surface area contributed by atoms with Crippen molar-refractivity contribution >= 4 is 33.7 Å². The zero-order valence-corrected chi connectivity index (χ0v) is 24.0. The Kier molecular flexibility index (Phi) is 10.6. The molecular weight excluding hydrogens is 552 g/mol. The minimum absolute atomic E-state index is 0.00767. The average Bonchev–Trinajstić information content (AvgIpc) is 2.99. The lowest BCUT2D eigenvalue weighted by molar-refractivity contribution is -0.121. The second kappa shape index (κ2) is 14.7. The molecule has 0 saturated heterocycles. The first-order valence-electron chi connectivity index (χ1n) is 13.3. The Labute approximate surface area is 245 Å². The molecule has 2 amide bonds. The minimum Gasteiger partial charge on any atom is -0.489 e. The standard InChI is InChI=1S/C32H32N4O5S/c1-25(37)34-29-15-17-31(18-16-29)42(39,40)36(20-19-26-9-4-2-5-10-26)23-32(38)35-33-22-28-13-8-14-30(21-28)41-24-27-11-6-3-7-12-27/h2-18,21-22H,19-20,23-24H2,1H3,(H,34,37)(H,35,38)/b33-22-. The molecule has 0 bridgehead atoms. The summed E-state index contributed by atoms with van der Waals surface area (Å²) in [5.41, 5.74) is 5.58. The van der Waals surface area contributed by atoms with E-state index in [1.54, 1.807) is 6.07 Å². The van der Waals surface area contributed by atoms with Gasteiger partial charge >= 0.3 is 0 Å². The molecule has 0 atom stereocenters. The number of anilines is 1. The number of sulfonamides is 1. The molecule has 0 saturated carbocycles. The maximum Gasteiger partial charge on any atom is 0.255 e. The maximum atomic E-state index is 13.5. The Morgan fingerprint density at radius 3 is 2.19 bits per heavy atom. The molecule has 9 nitrogen and oxygen atoms in total. The van der Waals surface area contributed by atoms with Gasteiger partial charge in [-0.2, -0.15) is 9.41 Å². The Morgan fingerprint density at radius 2 is 1.52 bits per heavy atom. The van der Waals surface area contributed by atoms with Crippen LogP contribution in [0.25, 0.3) is 0 Å². The van der Waals surface area contributed by atoms with Crippen LogP contribution in [0, 0.1) is 0 Å². The molecule has 4 rings (SSSR count). The number of hydrazone groups is 1. The normalized spacial score (nSPS) is 11.4. The molecule has 0 heterocycles. The van der Waals surface area contributed by atoms with E-state index in [1.165, 1.54) is 37.4 Å². The number of carbonyl (C=O) groups excluding carboxylic acids is 2. The molecule has 10 heteroatoms. The van der Waals surface area contributed by atoms with Crippen LogP contribution in [0.2, 0.25) is 0 Å². The first-order chi connectivity index (χ1) is 20.3. The third-order valence-electron chi connectivity index (χ3n) is 6.13. The summed E-state index contributed by atoms with van der Waals surface area (Å²) in [6.07, 6.45) is 1.88. The van der Waals surface area contributed by atoms with Crippen molar-refractivity contribution in [2.45, 2.75) is 24.8 Å². The van der Waals surface area contributed by atoms with Crippen molar-refractivity contribution in [2.24, 2.45) is 5.10 Å². The van der Waals surface area contributed by atoms with Gasteiger partial charge in [-0.3, -0.25) is 9.59 Å². The van der Waals surface area contributed by atoms with Gasteiger partial charge in [-0.15, -0.1) is 0 Å². The van der Waals surface area contributed by atoms with Gasteiger partial charge in [0.2, 0.25) is 15.9 Å². The fourth-order valence-electron chi connectivity index (χ4n) is 4.05. The lowest BCUT2D eigenvalue weighted by Crippen LogP contribution is -2.40. The molecule has 0 radical (unpaired) electrons. The van der Waals surface area contributed by atoms with Crippen molar-refractivity contribution in [1.82, 2.24) is 9.73 Å². The smallest absolute Gasteiger partial charge is 0.255 e. The third-order valence-corrected chi connectivity index (χ3v) is 7.99. The zero-order chi connectivity index (χ0) is 29.8. The Hall–Kier alpha value is -4.80. The van der Waals surface area contributed by atoms with E-state index in [1.807, 2.05) is 78.9 Å². The topological polar surface area (TPSA) is 117 Å². The highest BCUT2D eigenvalue weighted by Crippen LogP contribution is 2.19. The quantitative estimate of drug-likeness (QED) is 0.176. The molecule has 0 aliphatic carbocycles. The fraction of sp³-hybridized carbons (Fsp3) is 0.156. The number of carbonyl (C=O) groups is 2. The Morgan fingerprint density at radius 1 is 0.857 bits per heavy atom. The van der Waals surface area contributed by atoms with Gasteiger partial charge in [0.25, 0.3) is 5.91 Å². The van der Waals surface area contributed by atoms with E-state index in [0.29, 0.717) is 30.0 Å². The van der Waals surface area contributed by atoms with Gasteiger partial charge in [-0.25, -0.2) is 13.8 Å². The van der Waals surface area contributed by atoms with Crippen molar-refractivity contribution in [1.29, 1.82) is 0 Å². The number of hydrogen-bond donors (Lipinski definition) is 2. The van der Waals surface area contributed by atoms with E-state index in [4.69, 9.17) is 4.74 Å². The molecule has 0 aliphatic rings. The lowest BCUT2D eigenvalue weighted by Gasteiger charge is -2.21. The minimum atomic E-state index is -4.03. The highest BCUT2D eigenvalue weighted by molar-refractivity contribution is 7.89. The van der Waals surface area contributed by atoms with Crippen LogP contribution < -0.4 is 15.5 Å². The Bertz CT molecular complexity index is 1610. The molecule has 216 valence electrons. The zero-order valence-electron chi connectivity index (χ0n) is 23.1. The molecule has 4 aromatic rings. The van der Waals surface area contributed by atoms with Crippen LogP contribution in [0.15, 0.2) is 119 Å². The molecule has 0 aromatic heterocycles. The fourth-order valence-corrected chi connectivity index (χ4v) is 5.44. The highest BCUT2D eigenvalue weighted by atomic mass is 32.2. The van der Waals surface area contributed by atoms with Crippen molar-refractivity contribution < 1.29 is 22.7 Å². The number of nitrogens with one attached hydrogen (secondary N) is 2. The SMILES string of the molecule is CC(=O)Nc1ccc(S(=O)(=O)N(CCc2ccccc2)CC(=O)N/N=C\c2cccc(OCc3ccccc3)c2)cc1. The van der Waals surface area contributed by atoms with E-state index in [0.717, 1.165) is 15.4 Å². The van der Waals surface area contributed by atoms with Gasteiger partial charge in [0, 0.05) is 19.2 Å². The van der Waals surface area contributed by atoms with Crippen LogP contribution in [0.1, 0.15) is 23.6 Å². The number of hydrogen-bond acceptors (Lipinski definition) is 6. The number of ether oxygens (including phenoxy) is 1. The summed E-state index contributed by atoms with van der Waals surface area (Å²) < 4.78 is 34.0. The summed E-state index contributed by atoms with van der Waals surface area (Å²) in [6, 6.07) is 32.3. The summed E-state index contributed by atoms with van der Waals surface area (Å²) in [5.74, 6) is -0.204. The van der Waals surface area contributed by atoms with Crippen molar-refractivity contribution in [3.63, 3.8) is 0 Å². The Balaban J connectivity index is 1.41. The van der Waals surface area contributed by atoms with Crippen LogP contribution in [0.3, 0.4) is 0 Å². The number of amides is 2. The lowest BCUT2D eigenvalue weighted by atomic mass is 10.1. The largest absolute Gasteiger partial charge is 0.489 e. The van der Waals surface area contributed by atoms with E-state index in [2.05, 4.69) is 15.8 Å². The van der Waals surface area contributed by atoms with Crippen LogP contribution in [0.5, 0.6) is 5.75 Å². The van der Waals surface area contributed by atoms with E-state index in [9.17, 15) is 18.0 Å². The van der Waals surface area contributed by atoms with Crippen molar-refractivity contribution in [2.75, 3.05) is 18.4 Å². The first-order valence-corrected chi connectivity index (χ1v) is 14.7. The summed E-state index contributed by atoms with van der Waals surface area (Å²) in [4.78, 5) is 24.2. The van der Waals surface area contributed by atoms with Crippen LogP contribution >= 0.6 is 0 Å². The van der Waals surface area contributed by atoms with Gasteiger partial charge in [0.1, 0.15) is 12.4 Å². The molecule has 4 aromatic carbocycles. The van der Waals surface area contributed by atoms with Gasteiger partial charge in [0.15, 0.2) is 0 Å². The predicted molar refractivity (Wildman–Crippen MR) is 163 cm³/mol. The van der Waals surface area contributed by atoms with Crippen LogP contribution in [-0.2, 0) is 32.6 Å². The van der Waals surface area contributed by atoms with Crippen molar-refractivity contribution in [3.05, 3.63) is 126 Å². The molecule has 0 spiro atoms. The first kappa shape index (κ1) is 30.2. The number of benzene rings is 4. The monoisotopic (exact) mass is 584 g/mol. The van der Waals surface area contributed by atoms with Crippen molar-refractivity contribution in [3.8, 4) is 5.75 Å². The van der Waals surface area contributed by atoms with Gasteiger partial charge in [0.05, 0.1) is 17.7 Å². The van der Waals surface area contributed by atoms with E-state index < -0.39 is 22.5 Å².